The monoisotopic (exact) mass is 410 g/mol. The van der Waals surface area contributed by atoms with Crippen LogP contribution in [-0.2, 0) is 9.59 Å². The van der Waals surface area contributed by atoms with Crippen molar-refractivity contribution in [1.29, 1.82) is 0 Å². The zero-order chi connectivity index (χ0) is 20.7. The number of carbonyl (C=O) groups excluding carboxylic acids is 2. The van der Waals surface area contributed by atoms with E-state index in [9.17, 15) is 19.8 Å². The second-order valence-electron chi connectivity index (χ2n) is 9.72. The Morgan fingerprint density at radius 3 is 2.68 bits per heavy atom. The lowest BCUT2D eigenvalue weighted by Crippen LogP contribution is -2.69. The van der Waals surface area contributed by atoms with Crippen LogP contribution in [0.3, 0.4) is 0 Å². The zero-order valence-electron chi connectivity index (χ0n) is 16.5. The second kappa shape index (κ2) is 5.99. The van der Waals surface area contributed by atoms with E-state index in [4.69, 9.17) is 11.6 Å². The Balaban J connectivity index is 1.84. The number of halogens is 2. The highest BCUT2D eigenvalue weighted by atomic mass is 35.5. The zero-order valence-corrected chi connectivity index (χ0v) is 17.3. The molecular formula is C22H28ClFO4. The van der Waals surface area contributed by atoms with Gasteiger partial charge in [0.05, 0.1) is 12.0 Å². The van der Waals surface area contributed by atoms with E-state index >= 15 is 4.39 Å². The molecule has 0 spiro atoms. The molecule has 0 aliphatic heterocycles. The maximum Gasteiger partial charge on any atom is 0.179 e. The van der Waals surface area contributed by atoms with E-state index in [1.165, 1.54) is 12.2 Å². The van der Waals surface area contributed by atoms with Crippen LogP contribution in [0.1, 0.15) is 46.5 Å². The Kier molecular flexibility index (Phi) is 4.33. The van der Waals surface area contributed by atoms with Gasteiger partial charge in [-0.15, -0.1) is 11.6 Å². The molecule has 0 saturated heterocycles. The lowest BCUT2D eigenvalue weighted by molar-refractivity contribution is -0.218. The lowest BCUT2D eigenvalue weighted by Gasteiger charge is -2.62. The number of rotatable bonds is 2. The summed E-state index contributed by atoms with van der Waals surface area (Å²) in [6.07, 6.45) is 4.69. The molecule has 0 aromatic heterocycles. The fourth-order valence-corrected chi connectivity index (χ4v) is 7.45. The summed E-state index contributed by atoms with van der Waals surface area (Å²) in [5.41, 5.74) is -4.90. The van der Waals surface area contributed by atoms with Gasteiger partial charge in [0.25, 0.3) is 0 Å². The molecule has 3 saturated carbocycles. The molecule has 0 bridgehead atoms. The number of hydrogen-bond donors (Lipinski definition) is 2. The van der Waals surface area contributed by atoms with Crippen molar-refractivity contribution < 1.29 is 24.2 Å². The van der Waals surface area contributed by atoms with Gasteiger partial charge in [0, 0.05) is 16.7 Å². The number of Topliss-reactive ketones (excluding diaryl/α,β-unsaturated/α-hetero) is 1. The third kappa shape index (κ3) is 2.08. The summed E-state index contributed by atoms with van der Waals surface area (Å²) < 4.78 is 16.9. The summed E-state index contributed by atoms with van der Waals surface area (Å²) in [6, 6.07) is 0. The maximum atomic E-state index is 16.9. The van der Waals surface area contributed by atoms with E-state index in [1.54, 1.807) is 13.0 Å². The summed E-state index contributed by atoms with van der Waals surface area (Å²) in [7, 11) is 0. The van der Waals surface area contributed by atoms with Crippen molar-refractivity contribution in [2.75, 3.05) is 5.88 Å². The van der Waals surface area contributed by atoms with Crippen LogP contribution in [0.2, 0.25) is 0 Å². The first-order valence-corrected chi connectivity index (χ1v) is 10.6. The van der Waals surface area contributed by atoms with E-state index in [0.717, 1.165) is 5.57 Å². The van der Waals surface area contributed by atoms with E-state index in [1.807, 2.05) is 13.8 Å². The number of aliphatic hydroxyl groups is 2. The molecule has 3 fully saturated rings. The van der Waals surface area contributed by atoms with Crippen molar-refractivity contribution in [2.24, 2.45) is 28.6 Å². The Bertz CT molecular complexity index is 808. The molecule has 154 valence electrons. The summed E-state index contributed by atoms with van der Waals surface area (Å²) in [5.74, 6) is -2.03. The first-order chi connectivity index (χ1) is 13.0. The molecule has 0 unspecified atom stereocenters. The molecule has 0 aromatic carbocycles. The second-order valence-corrected chi connectivity index (χ2v) is 9.99. The van der Waals surface area contributed by atoms with Crippen molar-refractivity contribution in [3.05, 3.63) is 23.8 Å². The number of hydrogen-bond acceptors (Lipinski definition) is 4. The summed E-state index contributed by atoms with van der Waals surface area (Å²) in [6.45, 7) is 5.38. The average molecular weight is 411 g/mol. The van der Waals surface area contributed by atoms with Crippen molar-refractivity contribution in [2.45, 2.75) is 63.8 Å². The molecule has 28 heavy (non-hydrogen) atoms. The Morgan fingerprint density at radius 1 is 1.36 bits per heavy atom. The smallest absolute Gasteiger partial charge is 0.179 e. The van der Waals surface area contributed by atoms with Crippen LogP contribution in [0.5, 0.6) is 0 Å². The molecule has 4 nitrogen and oxygen atoms in total. The van der Waals surface area contributed by atoms with Crippen molar-refractivity contribution in [3.63, 3.8) is 0 Å². The molecule has 4 rings (SSSR count). The van der Waals surface area contributed by atoms with Crippen LogP contribution in [0, 0.1) is 28.6 Å². The van der Waals surface area contributed by atoms with Gasteiger partial charge >= 0.3 is 0 Å². The SMILES string of the molecule is C[C@@H]1C[C@@H]2[C@@H]3CCC4=CC(=O)C=C[C@]4(C)[C@]3(F)[C@H](O)C[C@]2(C)[C@]1(O)C(=O)CCl. The highest BCUT2D eigenvalue weighted by molar-refractivity contribution is 6.29. The first-order valence-electron chi connectivity index (χ1n) is 10.1. The number of carbonyl (C=O) groups is 2. The van der Waals surface area contributed by atoms with Gasteiger partial charge in [0.1, 0.15) is 5.60 Å². The van der Waals surface area contributed by atoms with Gasteiger partial charge in [-0.3, -0.25) is 9.59 Å². The molecule has 4 aliphatic rings. The Morgan fingerprint density at radius 2 is 2.04 bits per heavy atom. The molecule has 4 aliphatic carbocycles. The van der Waals surface area contributed by atoms with Gasteiger partial charge in [-0.1, -0.05) is 25.5 Å². The Labute approximate surface area is 169 Å². The fraction of sp³-hybridized carbons (Fsp3) is 0.727. The molecule has 0 aromatic rings. The number of ketones is 2. The van der Waals surface area contributed by atoms with E-state index in [0.29, 0.717) is 19.3 Å². The van der Waals surface area contributed by atoms with Crippen molar-refractivity contribution >= 4 is 23.2 Å². The molecule has 6 heteroatoms. The highest BCUT2D eigenvalue weighted by Gasteiger charge is 2.75. The van der Waals surface area contributed by atoms with Gasteiger partial charge < -0.3 is 10.2 Å². The summed E-state index contributed by atoms with van der Waals surface area (Å²) in [4.78, 5) is 24.5. The van der Waals surface area contributed by atoms with E-state index in [-0.39, 0.29) is 29.9 Å². The van der Waals surface area contributed by atoms with Crippen LogP contribution in [0.15, 0.2) is 23.8 Å². The fourth-order valence-electron chi connectivity index (χ4n) is 7.24. The largest absolute Gasteiger partial charge is 0.390 e. The van der Waals surface area contributed by atoms with Crippen LogP contribution in [-0.4, -0.2) is 45.0 Å². The predicted octanol–water partition coefficient (Wildman–Crippen LogP) is 3.14. The van der Waals surface area contributed by atoms with E-state index in [2.05, 4.69) is 0 Å². The summed E-state index contributed by atoms with van der Waals surface area (Å²) in [5, 5.41) is 22.6. The molecule has 2 N–H and O–H groups in total. The van der Waals surface area contributed by atoms with Crippen LogP contribution < -0.4 is 0 Å². The van der Waals surface area contributed by atoms with Crippen LogP contribution in [0.4, 0.5) is 4.39 Å². The third-order valence-corrected chi connectivity index (χ3v) is 9.01. The number of allylic oxidation sites excluding steroid dienone is 4. The molecule has 0 amide bonds. The standard InChI is InChI=1S/C22H28ClFO4/c1-12-8-16-15-5-4-13-9-14(25)6-7-19(13,2)21(15,24)17(26)10-20(16,3)22(12,28)18(27)11-23/h6-7,9,12,15-17,26,28H,4-5,8,10-11H2,1-3H3/t12-,15+,16-,17-,19+,20+,21-,22-/m1/s1. The van der Waals surface area contributed by atoms with Crippen molar-refractivity contribution in [3.8, 4) is 0 Å². The van der Waals surface area contributed by atoms with Gasteiger partial charge in [-0.25, -0.2) is 4.39 Å². The van der Waals surface area contributed by atoms with Gasteiger partial charge in [0.2, 0.25) is 0 Å². The normalized spacial score (nSPS) is 52.5. The quantitative estimate of drug-likeness (QED) is 0.686. The number of fused-ring (bicyclic) bond motifs is 5. The van der Waals surface area contributed by atoms with Crippen LogP contribution in [0.25, 0.3) is 0 Å². The summed E-state index contributed by atoms with van der Waals surface area (Å²) >= 11 is 5.81. The highest BCUT2D eigenvalue weighted by Crippen LogP contribution is 2.70. The van der Waals surface area contributed by atoms with Crippen molar-refractivity contribution in [1.82, 2.24) is 0 Å². The Hall–Kier alpha value is -1.04. The topological polar surface area (TPSA) is 74.6 Å². The first kappa shape index (κ1) is 20.2. The minimum atomic E-state index is -1.95. The number of alkyl halides is 2. The molecule has 0 radical (unpaired) electrons. The number of aliphatic hydroxyl groups excluding tert-OH is 1. The van der Waals surface area contributed by atoms with Gasteiger partial charge in [-0.05, 0) is 56.6 Å². The lowest BCUT2D eigenvalue weighted by atomic mass is 9.44. The molecule has 8 atom stereocenters. The van der Waals surface area contributed by atoms with Crippen LogP contribution >= 0.6 is 11.6 Å². The molecule has 0 heterocycles. The average Bonchev–Trinajstić information content (AvgIpc) is 2.84. The minimum absolute atomic E-state index is 0.0151. The van der Waals surface area contributed by atoms with Gasteiger partial charge in [-0.2, -0.15) is 0 Å². The van der Waals surface area contributed by atoms with E-state index < -0.39 is 39.9 Å². The minimum Gasteiger partial charge on any atom is -0.390 e. The maximum absolute atomic E-state index is 16.9. The third-order valence-electron chi connectivity index (χ3n) is 8.77. The van der Waals surface area contributed by atoms with Gasteiger partial charge in [0.15, 0.2) is 17.2 Å². The molecular weight excluding hydrogens is 383 g/mol. The predicted molar refractivity (Wildman–Crippen MR) is 104 cm³/mol.